The number of benzene rings is 1. The number of halogens is 2. The molecule has 9 nitrogen and oxygen atoms in total. The lowest BCUT2D eigenvalue weighted by Gasteiger charge is -2.29. The third-order valence-electron chi connectivity index (χ3n) is 8.61. The van der Waals surface area contributed by atoms with Crippen LogP contribution in [0.4, 0.5) is 20.4 Å². The Balaban J connectivity index is 0.000000138. The summed E-state index contributed by atoms with van der Waals surface area (Å²) >= 11 is 1.66. The summed E-state index contributed by atoms with van der Waals surface area (Å²) in [7, 11) is 0. The highest BCUT2D eigenvalue weighted by molar-refractivity contribution is 7.08. The van der Waals surface area contributed by atoms with Crippen molar-refractivity contribution in [1.82, 2.24) is 28.7 Å². The van der Waals surface area contributed by atoms with Gasteiger partial charge in [-0.15, -0.1) is 0 Å². The van der Waals surface area contributed by atoms with E-state index in [0.717, 1.165) is 58.4 Å². The number of para-hydroxylation sites is 1. The first kappa shape index (κ1) is 28.6. The maximum Gasteiger partial charge on any atom is 0.236 e. The van der Waals surface area contributed by atoms with Gasteiger partial charge in [0.2, 0.25) is 11.6 Å². The van der Waals surface area contributed by atoms with Crippen molar-refractivity contribution >= 4 is 45.5 Å². The molecule has 1 aromatic carbocycles. The van der Waals surface area contributed by atoms with E-state index in [4.69, 9.17) is 4.42 Å². The molecule has 0 aliphatic carbocycles. The number of piperidine rings is 2. The van der Waals surface area contributed by atoms with Crippen LogP contribution >= 0.6 is 11.3 Å². The zero-order chi connectivity index (χ0) is 31.0. The quantitative estimate of drug-likeness (QED) is 0.198. The molecule has 234 valence electrons. The van der Waals surface area contributed by atoms with E-state index in [0.29, 0.717) is 50.3 Å². The molecule has 0 amide bonds. The number of hydrogen-bond acceptors (Lipinski definition) is 8. The minimum absolute atomic E-state index is 0.561. The third-order valence-corrected chi connectivity index (χ3v) is 9.30. The van der Waals surface area contributed by atoms with Gasteiger partial charge in [-0.1, -0.05) is 18.2 Å². The molecular formula is C34H32F2N8OS. The number of imidazole rings is 2. The molecular weight excluding hydrogens is 606 g/mol. The van der Waals surface area contributed by atoms with E-state index in [1.807, 2.05) is 81.4 Å². The molecule has 12 heteroatoms. The van der Waals surface area contributed by atoms with E-state index in [2.05, 4.69) is 41.2 Å². The molecule has 0 spiro atoms. The summed E-state index contributed by atoms with van der Waals surface area (Å²) in [6.07, 6.45) is 8.76. The van der Waals surface area contributed by atoms with Crippen LogP contribution in [0.25, 0.3) is 45.2 Å². The van der Waals surface area contributed by atoms with Crippen LogP contribution in [0.2, 0.25) is 0 Å². The van der Waals surface area contributed by atoms with Gasteiger partial charge in [-0.2, -0.15) is 21.3 Å². The summed E-state index contributed by atoms with van der Waals surface area (Å²) in [6, 6.07) is 15.9. The number of hydrogen-bond donors (Lipinski definition) is 0. The zero-order valence-corrected chi connectivity index (χ0v) is 25.9. The summed E-state index contributed by atoms with van der Waals surface area (Å²) in [5, 5.41) is 5.17. The van der Waals surface area contributed by atoms with Gasteiger partial charge in [0, 0.05) is 67.3 Å². The molecule has 0 unspecified atom stereocenters. The van der Waals surface area contributed by atoms with Crippen LogP contribution in [0.3, 0.4) is 0 Å². The smallest absolute Gasteiger partial charge is 0.236 e. The predicted octanol–water partition coefficient (Wildman–Crippen LogP) is 7.48. The fourth-order valence-electron chi connectivity index (χ4n) is 6.01. The lowest BCUT2D eigenvalue weighted by molar-refractivity contribution is 0.276. The van der Waals surface area contributed by atoms with Gasteiger partial charge in [-0.25, -0.2) is 18.7 Å². The average molecular weight is 639 g/mol. The van der Waals surface area contributed by atoms with Crippen molar-refractivity contribution < 1.29 is 13.2 Å². The second kappa shape index (κ2) is 12.2. The highest BCUT2D eigenvalue weighted by Gasteiger charge is 2.21. The Kier molecular flexibility index (Phi) is 7.57. The van der Waals surface area contributed by atoms with Crippen molar-refractivity contribution in [3.8, 4) is 22.7 Å². The molecule has 2 saturated heterocycles. The third kappa shape index (κ3) is 5.80. The fourth-order valence-corrected chi connectivity index (χ4v) is 6.66. The number of alkyl halides is 2. The Morgan fingerprint density at radius 3 is 1.87 bits per heavy atom. The SMILES string of the molecule is FC1CCN(c2ccn3cc(-c4cc5ccccc5o4)nc3n2)CC1.FC1CCN(c2ccn3cc(-c4ccsc4)nc3n2)CC1. The molecule has 46 heavy (non-hydrogen) atoms. The van der Waals surface area contributed by atoms with Crippen LogP contribution in [0.15, 0.2) is 88.5 Å². The van der Waals surface area contributed by atoms with E-state index in [1.165, 1.54) is 0 Å². The average Bonchev–Trinajstić information content (AvgIpc) is 3.90. The first-order valence-electron chi connectivity index (χ1n) is 15.6. The Bertz CT molecular complexity index is 2060. The molecule has 7 aromatic rings. The number of nitrogens with zero attached hydrogens (tertiary/aromatic N) is 8. The minimum Gasteiger partial charge on any atom is -0.454 e. The normalized spacial score (nSPS) is 16.4. The van der Waals surface area contributed by atoms with E-state index >= 15 is 0 Å². The molecule has 2 fully saturated rings. The van der Waals surface area contributed by atoms with Gasteiger partial charge in [0.1, 0.15) is 35.3 Å². The van der Waals surface area contributed by atoms with Crippen molar-refractivity contribution in [2.45, 2.75) is 38.0 Å². The minimum atomic E-state index is -0.689. The second-order valence-electron chi connectivity index (χ2n) is 11.7. The molecule has 2 aliphatic heterocycles. The number of furan rings is 1. The van der Waals surface area contributed by atoms with E-state index in [1.54, 1.807) is 11.3 Å². The maximum atomic E-state index is 13.3. The van der Waals surface area contributed by atoms with Crippen LogP contribution in [-0.2, 0) is 0 Å². The second-order valence-corrected chi connectivity index (χ2v) is 12.5. The van der Waals surface area contributed by atoms with Crippen LogP contribution in [0.1, 0.15) is 25.7 Å². The topological polar surface area (TPSA) is 80.0 Å². The molecule has 6 aromatic heterocycles. The Morgan fingerprint density at radius 2 is 1.28 bits per heavy atom. The molecule has 0 bridgehead atoms. The van der Waals surface area contributed by atoms with Gasteiger partial charge >= 0.3 is 0 Å². The van der Waals surface area contributed by atoms with Gasteiger partial charge in [0.25, 0.3) is 0 Å². The lowest BCUT2D eigenvalue weighted by atomic mass is 10.1. The van der Waals surface area contributed by atoms with E-state index < -0.39 is 12.3 Å². The zero-order valence-electron chi connectivity index (χ0n) is 25.0. The van der Waals surface area contributed by atoms with E-state index in [9.17, 15) is 8.78 Å². The van der Waals surface area contributed by atoms with Gasteiger partial charge in [0.15, 0.2) is 5.76 Å². The number of rotatable bonds is 4. The number of thiophene rings is 1. The Hall–Kier alpha value is -4.84. The lowest BCUT2D eigenvalue weighted by Crippen LogP contribution is -2.34. The summed E-state index contributed by atoms with van der Waals surface area (Å²) in [5.41, 5.74) is 3.65. The Morgan fingerprint density at radius 1 is 0.696 bits per heavy atom. The molecule has 8 heterocycles. The Labute approximate surface area is 267 Å². The first-order valence-corrected chi connectivity index (χ1v) is 16.5. The standard InChI is InChI=1S/C19H17FN4O.C15H15FN4S/c20-14-5-8-23(9-6-14)18-7-10-24-12-15(21-19(24)22-18)17-11-13-3-1-2-4-16(13)25-17;16-12-1-5-19(6-2-12)14-3-7-20-9-13(17-15(20)18-14)11-4-8-21-10-11/h1-4,7,10-12,14H,5-6,8-9H2;3-4,7-10,12H,1-2,5-6H2. The monoisotopic (exact) mass is 638 g/mol. The highest BCUT2D eigenvalue weighted by atomic mass is 32.1. The van der Waals surface area contributed by atoms with Crippen LogP contribution in [0, 0.1) is 0 Å². The van der Waals surface area contributed by atoms with Crippen LogP contribution < -0.4 is 9.80 Å². The molecule has 0 N–H and O–H groups in total. The molecule has 0 atom stereocenters. The fraction of sp³-hybridized carbons (Fsp3) is 0.294. The first-order chi connectivity index (χ1) is 22.6. The van der Waals surface area contributed by atoms with Gasteiger partial charge in [0.05, 0.1) is 5.69 Å². The van der Waals surface area contributed by atoms with Crippen LogP contribution in [-0.4, -0.2) is 67.3 Å². The van der Waals surface area contributed by atoms with E-state index in [-0.39, 0.29) is 0 Å². The number of anilines is 2. The van der Waals surface area contributed by atoms with Crippen molar-refractivity contribution in [3.63, 3.8) is 0 Å². The molecule has 0 saturated carbocycles. The van der Waals surface area contributed by atoms with Crippen molar-refractivity contribution in [1.29, 1.82) is 0 Å². The molecule has 2 aliphatic rings. The van der Waals surface area contributed by atoms with Crippen molar-refractivity contribution in [2.24, 2.45) is 0 Å². The van der Waals surface area contributed by atoms with Crippen molar-refractivity contribution in [3.05, 3.63) is 84.1 Å². The van der Waals surface area contributed by atoms with Crippen LogP contribution in [0.5, 0.6) is 0 Å². The number of fused-ring (bicyclic) bond motifs is 3. The molecule has 9 rings (SSSR count). The largest absolute Gasteiger partial charge is 0.454 e. The summed E-state index contributed by atoms with van der Waals surface area (Å²) in [6.45, 7) is 2.84. The summed E-state index contributed by atoms with van der Waals surface area (Å²) in [4.78, 5) is 22.7. The summed E-state index contributed by atoms with van der Waals surface area (Å²) in [5.74, 6) is 3.77. The summed E-state index contributed by atoms with van der Waals surface area (Å²) < 4.78 is 36.3. The molecule has 0 radical (unpaired) electrons. The number of aromatic nitrogens is 6. The van der Waals surface area contributed by atoms with Gasteiger partial charge in [-0.05, 0) is 61.4 Å². The highest BCUT2D eigenvalue weighted by Crippen LogP contribution is 2.28. The van der Waals surface area contributed by atoms with Crippen molar-refractivity contribution in [2.75, 3.05) is 36.0 Å². The van der Waals surface area contributed by atoms with Gasteiger partial charge < -0.3 is 14.2 Å². The van der Waals surface area contributed by atoms with Gasteiger partial charge in [-0.3, -0.25) is 8.80 Å². The maximum absolute atomic E-state index is 13.3. The predicted molar refractivity (Wildman–Crippen MR) is 177 cm³/mol.